The molecule has 0 aliphatic heterocycles. The van der Waals surface area contributed by atoms with E-state index < -0.39 is 5.60 Å². The normalized spacial score (nSPS) is 18.8. The van der Waals surface area contributed by atoms with E-state index >= 15 is 0 Å². The van der Waals surface area contributed by atoms with Crippen LogP contribution >= 0.6 is 0 Å². The molecule has 0 atom stereocenters. The zero-order valence-corrected chi connectivity index (χ0v) is 10.7. The zero-order chi connectivity index (χ0) is 12.4. The Morgan fingerprint density at radius 2 is 2.06 bits per heavy atom. The molecular weight excluding hydrogens is 202 g/mol. The minimum atomic E-state index is -0.650. The summed E-state index contributed by atoms with van der Waals surface area (Å²) in [5.74, 6) is 0.289. The van der Waals surface area contributed by atoms with Crippen molar-refractivity contribution in [2.45, 2.75) is 45.6 Å². The number of aliphatic hydroxyl groups is 1. The molecule has 0 spiro atoms. The third kappa shape index (κ3) is 4.49. The van der Waals surface area contributed by atoms with Gasteiger partial charge in [-0.15, -0.1) is 0 Å². The Hall–Kier alpha value is -0.610. The molecule has 1 saturated carbocycles. The van der Waals surface area contributed by atoms with Crippen molar-refractivity contribution in [1.29, 1.82) is 5.41 Å². The smallest absolute Gasteiger partial charge is 0.0911 e. The third-order valence-corrected chi connectivity index (χ3v) is 3.14. The second-order valence-electron chi connectivity index (χ2n) is 5.82. The van der Waals surface area contributed by atoms with Crippen LogP contribution in [0.4, 0.5) is 0 Å². The van der Waals surface area contributed by atoms with E-state index in [0.717, 1.165) is 25.9 Å². The highest BCUT2D eigenvalue weighted by Crippen LogP contribution is 2.49. The van der Waals surface area contributed by atoms with Crippen molar-refractivity contribution in [3.8, 4) is 0 Å². The predicted molar refractivity (Wildman–Crippen MR) is 66.6 cm³/mol. The summed E-state index contributed by atoms with van der Waals surface area (Å²) >= 11 is 0. The van der Waals surface area contributed by atoms with Gasteiger partial charge in [0, 0.05) is 19.5 Å². The summed E-state index contributed by atoms with van der Waals surface area (Å²) in [6.45, 7) is 8.34. The Balaban J connectivity index is 2.47. The Labute approximate surface area is 98.3 Å². The van der Waals surface area contributed by atoms with Crippen LogP contribution in [0.3, 0.4) is 0 Å². The molecule has 0 amide bonds. The number of likely N-dealkylation sites (N-methyl/N-ethyl adjacent to an activating group) is 1. The first-order chi connectivity index (χ1) is 7.26. The van der Waals surface area contributed by atoms with E-state index in [1.807, 2.05) is 13.8 Å². The van der Waals surface area contributed by atoms with Crippen LogP contribution in [0.25, 0.3) is 0 Å². The fourth-order valence-corrected chi connectivity index (χ4v) is 2.27. The maximum atomic E-state index is 9.81. The van der Waals surface area contributed by atoms with E-state index in [9.17, 15) is 5.11 Å². The number of hydrogen-bond acceptors (Lipinski definition) is 3. The lowest BCUT2D eigenvalue weighted by atomic mass is 10.00. The van der Waals surface area contributed by atoms with Crippen LogP contribution in [-0.4, -0.2) is 41.1 Å². The summed E-state index contributed by atoms with van der Waals surface area (Å²) in [5, 5.41) is 17.2. The molecule has 16 heavy (non-hydrogen) atoms. The molecule has 1 aliphatic rings. The van der Waals surface area contributed by atoms with Crippen molar-refractivity contribution in [2.24, 2.45) is 11.1 Å². The minimum Gasteiger partial charge on any atom is -0.389 e. The fraction of sp³-hybridized carbons (Fsp3) is 0.917. The van der Waals surface area contributed by atoms with Crippen molar-refractivity contribution < 1.29 is 5.11 Å². The van der Waals surface area contributed by atoms with Gasteiger partial charge in [-0.1, -0.05) is 6.92 Å². The van der Waals surface area contributed by atoms with Crippen molar-refractivity contribution in [3.63, 3.8) is 0 Å². The number of rotatable bonds is 7. The topological polar surface area (TPSA) is 73.3 Å². The van der Waals surface area contributed by atoms with Gasteiger partial charge < -0.3 is 15.7 Å². The van der Waals surface area contributed by atoms with E-state index in [0.29, 0.717) is 13.0 Å². The molecule has 1 fully saturated rings. The number of nitrogens with two attached hydrogens (primary N) is 1. The van der Waals surface area contributed by atoms with Gasteiger partial charge in [-0.3, -0.25) is 5.41 Å². The Bertz CT molecular complexity index is 253. The van der Waals surface area contributed by atoms with Gasteiger partial charge in [0.25, 0.3) is 0 Å². The maximum Gasteiger partial charge on any atom is 0.0911 e. The molecule has 4 heteroatoms. The van der Waals surface area contributed by atoms with E-state index in [1.165, 1.54) is 0 Å². The van der Waals surface area contributed by atoms with E-state index in [4.69, 9.17) is 11.1 Å². The van der Waals surface area contributed by atoms with Gasteiger partial charge in [0.2, 0.25) is 0 Å². The second-order valence-corrected chi connectivity index (χ2v) is 5.82. The van der Waals surface area contributed by atoms with Gasteiger partial charge in [0.15, 0.2) is 0 Å². The first kappa shape index (κ1) is 13.5. The lowest BCUT2D eigenvalue weighted by Gasteiger charge is -2.31. The summed E-state index contributed by atoms with van der Waals surface area (Å²) < 4.78 is 0. The lowest BCUT2D eigenvalue weighted by Crippen LogP contribution is -2.42. The maximum absolute atomic E-state index is 9.81. The van der Waals surface area contributed by atoms with Gasteiger partial charge in [0.1, 0.15) is 0 Å². The Morgan fingerprint density at radius 3 is 2.38 bits per heavy atom. The highest BCUT2D eigenvalue weighted by atomic mass is 16.3. The van der Waals surface area contributed by atoms with E-state index in [-0.39, 0.29) is 11.3 Å². The molecule has 0 aromatic rings. The van der Waals surface area contributed by atoms with Crippen molar-refractivity contribution in [1.82, 2.24) is 4.90 Å². The summed E-state index contributed by atoms with van der Waals surface area (Å²) in [4.78, 5) is 2.26. The van der Waals surface area contributed by atoms with E-state index in [2.05, 4.69) is 11.8 Å². The van der Waals surface area contributed by atoms with Crippen LogP contribution in [0.1, 0.15) is 40.0 Å². The third-order valence-electron chi connectivity index (χ3n) is 3.14. The van der Waals surface area contributed by atoms with Gasteiger partial charge in [-0.2, -0.15) is 0 Å². The van der Waals surface area contributed by atoms with Crippen LogP contribution in [-0.2, 0) is 0 Å². The monoisotopic (exact) mass is 227 g/mol. The molecule has 0 aromatic heterocycles. The molecule has 0 heterocycles. The van der Waals surface area contributed by atoms with Gasteiger partial charge in [-0.25, -0.2) is 0 Å². The molecule has 0 unspecified atom stereocenters. The summed E-state index contributed by atoms with van der Waals surface area (Å²) in [7, 11) is 0. The largest absolute Gasteiger partial charge is 0.389 e. The lowest BCUT2D eigenvalue weighted by molar-refractivity contribution is 0.0316. The highest BCUT2D eigenvalue weighted by molar-refractivity contribution is 5.78. The number of amidine groups is 1. The standard InChI is InChI=1S/C12H25N3O/c1-4-15(8-11(2,3)16)9-12(5-6-12)7-10(13)14/h16H,4-9H2,1-3H3,(H3,13,14). The zero-order valence-electron chi connectivity index (χ0n) is 10.7. The number of hydrogen-bond donors (Lipinski definition) is 3. The molecule has 0 aromatic carbocycles. The van der Waals surface area contributed by atoms with Crippen molar-refractivity contribution >= 4 is 5.84 Å². The van der Waals surface area contributed by atoms with Crippen LogP contribution in [0, 0.1) is 10.8 Å². The average Bonchev–Trinajstić information content (AvgIpc) is 2.80. The fourth-order valence-electron chi connectivity index (χ4n) is 2.27. The summed E-state index contributed by atoms with van der Waals surface area (Å²) in [6, 6.07) is 0. The van der Waals surface area contributed by atoms with Crippen LogP contribution in [0.2, 0.25) is 0 Å². The first-order valence-electron chi connectivity index (χ1n) is 6.04. The number of nitrogens with zero attached hydrogens (tertiary/aromatic N) is 1. The molecule has 94 valence electrons. The minimum absolute atomic E-state index is 0.229. The molecule has 0 bridgehead atoms. The molecule has 4 N–H and O–H groups in total. The van der Waals surface area contributed by atoms with Crippen LogP contribution in [0.15, 0.2) is 0 Å². The van der Waals surface area contributed by atoms with Crippen molar-refractivity contribution in [3.05, 3.63) is 0 Å². The van der Waals surface area contributed by atoms with Gasteiger partial charge >= 0.3 is 0 Å². The molecule has 1 aliphatic carbocycles. The summed E-state index contributed by atoms with van der Waals surface area (Å²) in [5.41, 5.74) is 5.06. The average molecular weight is 227 g/mol. The van der Waals surface area contributed by atoms with Crippen LogP contribution in [0.5, 0.6) is 0 Å². The number of nitrogens with one attached hydrogen (secondary N) is 1. The van der Waals surface area contributed by atoms with Crippen molar-refractivity contribution in [2.75, 3.05) is 19.6 Å². The molecule has 0 radical (unpaired) electrons. The molecule has 0 saturated heterocycles. The first-order valence-corrected chi connectivity index (χ1v) is 6.04. The molecular formula is C12H25N3O. The SMILES string of the molecule is CCN(CC(C)(C)O)CC1(CC(=N)N)CC1. The van der Waals surface area contributed by atoms with Gasteiger partial charge in [0.05, 0.1) is 11.4 Å². The van der Waals surface area contributed by atoms with Gasteiger partial charge in [-0.05, 0) is 38.6 Å². The van der Waals surface area contributed by atoms with Crippen LogP contribution < -0.4 is 5.73 Å². The Morgan fingerprint density at radius 1 is 1.50 bits per heavy atom. The predicted octanol–water partition coefficient (Wildman–Crippen LogP) is 1.19. The molecule has 1 rings (SSSR count). The summed E-state index contributed by atoms with van der Waals surface area (Å²) in [6.07, 6.45) is 3.03. The highest BCUT2D eigenvalue weighted by Gasteiger charge is 2.44. The second kappa shape index (κ2) is 4.72. The van der Waals surface area contributed by atoms with E-state index in [1.54, 1.807) is 0 Å². The quantitative estimate of drug-likeness (QED) is 0.452. The Kier molecular flexibility index (Phi) is 3.97. The molecule has 4 nitrogen and oxygen atoms in total.